The Morgan fingerprint density at radius 1 is 1.24 bits per heavy atom. The van der Waals surface area contributed by atoms with Crippen LogP contribution in [0, 0.1) is 5.92 Å². The molecule has 0 spiro atoms. The van der Waals surface area contributed by atoms with E-state index in [1.54, 1.807) is 0 Å². The third-order valence-corrected chi connectivity index (χ3v) is 2.85. The van der Waals surface area contributed by atoms with Crippen molar-refractivity contribution in [3.63, 3.8) is 0 Å². The van der Waals surface area contributed by atoms with Gasteiger partial charge in [-0.05, 0) is 24.5 Å². The summed E-state index contributed by atoms with van der Waals surface area (Å²) >= 11 is 0. The van der Waals surface area contributed by atoms with Crippen molar-refractivity contribution in [3.05, 3.63) is 47.8 Å². The molecule has 112 valence electrons. The van der Waals surface area contributed by atoms with Gasteiger partial charge < -0.3 is 18.7 Å². The van der Waals surface area contributed by atoms with Gasteiger partial charge in [0, 0.05) is 0 Å². The van der Waals surface area contributed by atoms with Crippen LogP contribution < -0.4 is 0 Å². The molecule has 0 fully saturated rings. The molecule has 0 saturated carbocycles. The minimum Gasteiger partial charge on any atom is -0.472 e. The summed E-state index contributed by atoms with van der Waals surface area (Å²) in [6.07, 6.45) is 3.27. The molecule has 0 amide bonds. The van der Waals surface area contributed by atoms with Crippen LogP contribution in [0.4, 0.5) is 0 Å². The molecule has 0 aromatic carbocycles. The van der Waals surface area contributed by atoms with Crippen LogP contribution in [0.3, 0.4) is 0 Å². The zero-order valence-corrected chi connectivity index (χ0v) is 11.7. The minimum atomic E-state index is -0.924. The fourth-order valence-electron chi connectivity index (χ4n) is 1.88. The van der Waals surface area contributed by atoms with Gasteiger partial charge in [0.05, 0.1) is 18.1 Å². The quantitative estimate of drug-likeness (QED) is 0.673. The van der Waals surface area contributed by atoms with Gasteiger partial charge in [0.15, 0.2) is 0 Å². The van der Waals surface area contributed by atoms with Crippen molar-refractivity contribution in [2.75, 3.05) is 0 Å². The highest BCUT2D eigenvalue weighted by Crippen LogP contribution is 2.26. The number of rotatable bonds is 5. The molecule has 2 rings (SSSR count). The maximum atomic E-state index is 12.0. The summed E-state index contributed by atoms with van der Waals surface area (Å²) < 4.78 is 14.6. The van der Waals surface area contributed by atoms with Crippen LogP contribution in [0.25, 0.3) is 0 Å². The second kappa shape index (κ2) is 6.41. The normalized spacial score (nSPS) is 12.4. The zero-order valence-electron chi connectivity index (χ0n) is 11.7. The molecule has 0 aliphatic heterocycles. The predicted octanol–water partition coefficient (Wildman–Crippen LogP) is 2.95. The molecule has 0 radical (unpaired) electrons. The molecule has 1 N–H and O–H groups in total. The van der Waals surface area contributed by atoms with Gasteiger partial charge in [-0.2, -0.15) is 0 Å². The topological polar surface area (TPSA) is 89.9 Å². The van der Waals surface area contributed by atoms with E-state index in [0.29, 0.717) is 6.42 Å². The van der Waals surface area contributed by atoms with Gasteiger partial charge in [-0.1, -0.05) is 13.8 Å². The van der Waals surface area contributed by atoms with Gasteiger partial charge in [-0.3, -0.25) is 0 Å². The Morgan fingerprint density at radius 2 is 2.00 bits per heavy atom. The van der Waals surface area contributed by atoms with Gasteiger partial charge >= 0.3 is 11.9 Å². The molecule has 6 nitrogen and oxygen atoms in total. The van der Waals surface area contributed by atoms with Crippen molar-refractivity contribution in [2.45, 2.75) is 26.4 Å². The molecule has 0 aliphatic rings. The summed E-state index contributed by atoms with van der Waals surface area (Å²) in [4.78, 5) is 23.7. The average molecular weight is 292 g/mol. The van der Waals surface area contributed by atoms with Crippen molar-refractivity contribution in [3.8, 4) is 0 Å². The predicted molar refractivity (Wildman–Crippen MR) is 71.6 cm³/mol. The maximum Gasteiger partial charge on any atom is 0.349 e. The largest absolute Gasteiger partial charge is 0.472 e. The summed E-state index contributed by atoms with van der Waals surface area (Å²) in [5.41, 5.74) is 0.177. The molecule has 21 heavy (non-hydrogen) atoms. The molecule has 1 unspecified atom stereocenters. The second-order valence-electron chi connectivity index (χ2n) is 5.03. The number of ether oxygens (including phenoxy) is 1. The number of carbonyl (C=O) groups excluding carboxylic acids is 2. The fourth-order valence-corrected chi connectivity index (χ4v) is 1.88. The SMILES string of the molecule is CC(C)CC(O)c1occc1C(=O)OC(=O)c1ccoc1. The van der Waals surface area contributed by atoms with Crippen molar-refractivity contribution in [1.29, 1.82) is 0 Å². The van der Waals surface area contributed by atoms with Gasteiger partial charge in [0.1, 0.15) is 23.7 Å². The highest BCUT2D eigenvalue weighted by Gasteiger charge is 2.25. The average Bonchev–Trinajstić information content (AvgIpc) is 3.09. The lowest BCUT2D eigenvalue weighted by Gasteiger charge is -2.11. The highest BCUT2D eigenvalue weighted by molar-refractivity contribution is 6.02. The molecule has 0 aliphatic carbocycles. The van der Waals surface area contributed by atoms with Crippen LogP contribution in [0.15, 0.2) is 39.8 Å². The van der Waals surface area contributed by atoms with Crippen molar-refractivity contribution in [1.82, 2.24) is 0 Å². The summed E-state index contributed by atoms with van der Waals surface area (Å²) in [6, 6.07) is 2.75. The van der Waals surface area contributed by atoms with Crippen LogP contribution in [0.5, 0.6) is 0 Å². The first kappa shape index (κ1) is 15.1. The number of furan rings is 2. The van der Waals surface area contributed by atoms with Gasteiger partial charge in [-0.15, -0.1) is 0 Å². The van der Waals surface area contributed by atoms with E-state index in [2.05, 4.69) is 0 Å². The molecule has 0 bridgehead atoms. The van der Waals surface area contributed by atoms with E-state index >= 15 is 0 Å². The molecular formula is C15H16O6. The Labute approximate surface area is 121 Å². The standard InChI is InChI=1S/C15H16O6/c1-9(2)7-12(16)13-11(4-6-20-13)15(18)21-14(17)10-3-5-19-8-10/h3-6,8-9,12,16H,7H2,1-2H3. The van der Waals surface area contributed by atoms with Crippen molar-refractivity contribution in [2.24, 2.45) is 5.92 Å². The van der Waals surface area contributed by atoms with Crippen LogP contribution in [-0.4, -0.2) is 17.0 Å². The lowest BCUT2D eigenvalue weighted by Crippen LogP contribution is -2.14. The van der Waals surface area contributed by atoms with E-state index in [4.69, 9.17) is 13.6 Å². The van der Waals surface area contributed by atoms with E-state index in [9.17, 15) is 14.7 Å². The number of aliphatic hydroxyl groups excluding tert-OH is 1. The molecule has 6 heteroatoms. The number of hydrogen-bond donors (Lipinski definition) is 1. The summed E-state index contributed by atoms with van der Waals surface area (Å²) in [7, 11) is 0. The van der Waals surface area contributed by atoms with Gasteiger partial charge in [0.25, 0.3) is 0 Å². The van der Waals surface area contributed by atoms with Crippen LogP contribution in [-0.2, 0) is 4.74 Å². The molecule has 1 atom stereocenters. The first-order valence-corrected chi connectivity index (χ1v) is 6.53. The Morgan fingerprint density at radius 3 is 2.62 bits per heavy atom. The highest BCUT2D eigenvalue weighted by atomic mass is 16.6. The molecular weight excluding hydrogens is 276 g/mol. The van der Waals surface area contributed by atoms with E-state index in [0.717, 1.165) is 0 Å². The third kappa shape index (κ3) is 3.61. The molecule has 2 aromatic heterocycles. The Bertz CT molecular complexity index is 608. The Kier molecular flexibility index (Phi) is 4.59. The van der Waals surface area contributed by atoms with Crippen LogP contribution in [0.2, 0.25) is 0 Å². The summed E-state index contributed by atoms with van der Waals surface area (Å²) in [5.74, 6) is -1.36. The molecule has 2 heterocycles. The zero-order chi connectivity index (χ0) is 15.4. The van der Waals surface area contributed by atoms with E-state index in [1.165, 1.54) is 30.9 Å². The van der Waals surface area contributed by atoms with E-state index in [1.807, 2.05) is 13.8 Å². The summed E-state index contributed by atoms with van der Waals surface area (Å²) in [6.45, 7) is 3.87. The van der Waals surface area contributed by atoms with Crippen LogP contribution >= 0.6 is 0 Å². The maximum absolute atomic E-state index is 12.0. The monoisotopic (exact) mass is 292 g/mol. The minimum absolute atomic E-state index is 0.0417. The van der Waals surface area contributed by atoms with E-state index in [-0.39, 0.29) is 22.8 Å². The fraction of sp³-hybridized carbons (Fsp3) is 0.333. The van der Waals surface area contributed by atoms with E-state index < -0.39 is 18.0 Å². The summed E-state index contributed by atoms with van der Waals surface area (Å²) in [5, 5.41) is 10.0. The lowest BCUT2D eigenvalue weighted by molar-refractivity contribution is 0.0388. The Hall–Kier alpha value is -2.34. The van der Waals surface area contributed by atoms with Gasteiger partial charge in [-0.25, -0.2) is 9.59 Å². The number of esters is 2. The first-order valence-electron chi connectivity index (χ1n) is 6.53. The molecule has 2 aromatic rings. The van der Waals surface area contributed by atoms with Crippen molar-refractivity contribution >= 4 is 11.9 Å². The number of aliphatic hydroxyl groups is 1. The third-order valence-electron chi connectivity index (χ3n) is 2.85. The van der Waals surface area contributed by atoms with Gasteiger partial charge in [0.2, 0.25) is 0 Å². The smallest absolute Gasteiger partial charge is 0.349 e. The van der Waals surface area contributed by atoms with Crippen LogP contribution in [0.1, 0.15) is 52.8 Å². The Balaban J connectivity index is 2.10. The first-order chi connectivity index (χ1) is 9.99. The number of carbonyl (C=O) groups is 2. The number of hydrogen-bond acceptors (Lipinski definition) is 6. The second-order valence-corrected chi connectivity index (χ2v) is 5.03. The lowest BCUT2D eigenvalue weighted by atomic mass is 10.0. The van der Waals surface area contributed by atoms with Crippen molar-refractivity contribution < 1.29 is 28.3 Å². The molecule has 0 saturated heterocycles.